The molecule has 32 heavy (non-hydrogen) atoms. The Bertz CT molecular complexity index is 1020. The monoisotopic (exact) mass is 436 g/mol. The zero-order valence-electron chi connectivity index (χ0n) is 18.5. The Hall–Kier alpha value is -2.41. The van der Waals surface area contributed by atoms with Crippen molar-refractivity contribution in [1.29, 1.82) is 0 Å². The zero-order valence-corrected chi connectivity index (χ0v) is 18.5. The summed E-state index contributed by atoms with van der Waals surface area (Å²) in [7, 11) is 0. The maximum absolute atomic E-state index is 13.1. The molecule has 2 N–H and O–H groups in total. The van der Waals surface area contributed by atoms with E-state index >= 15 is 0 Å². The third kappa shape index (κ3) is 3.60. The van der Waals surface area contributed by atoms with Crippen LogP contribution >= 0.6 is 0 Å². The van der Waals surface area contributed by atoms with Gasteiger partial charge in [-0.25, -0.2) is 4.98 Å². The average Bonchev–Trinajstić information content (AvgIpc) is 3.18. The first-order chi connectivity index (χ1) is 15.5. The van der Waals surface area contributed by atoms with Crippen molar-refractivity contribution in [3.05, 3.63) is 30.1 Å². The summed E-state index contributed by atoms with van der Waals surface area (Å²) in [6, 6.07) is 5.59. The molecule has 1 saturated heterocycles. The summed E-state index contributed by atoms with van der Waals surface area (Å²) in [4.78, 5) is 32.3. The van der Waals surface area contributed by atoms with Crippen LogP contribution in [0.5, 0.6) is 0 Å². The normalized spacial score (nSPS) is 31.9. The van der Waals surface area contributed by atoms with Gasteiger partial charge in [-0.1, -0.05) is 6.07 Å². The summed E-state index contributed by atoms with van der Waals surface area (Å²) in [6.45, 7) is 1.09. The van der Waals surface area contributed by atoms with Crippen LogP contribution in [0.2, 0.25) is 0 Å². The van der Waals surface area contributed by atoms with Gasteiger partial charge in [0.1, 0.15) is 17.2 Å². The van der Waals surface area contributed by atoms with E-state index in [-0.39, 0.29) is 23.3 Å². The number of piperidine rings is 1. The van der Waals surface area contributed by atoms with Crippen molar-refractivity contribution in [2.75, 3.05) is 18.4 Å². The van der Waals surface area contributed by atoms with E-state index in [4.69, 9.17) is 0 Å². The maximum atomic E-state index is 13.1. The van der Waals surface area contributed by atoms with Crippen molar-refractivity contribution in [1.82, 2.24) is 14.3 Å². The Labute approximate surface area is 188 Å². The molecular formula is C25H32N4O3. The van der Waals surface area contributed by atoms with Crippen LogP contribution in [0.3, 0.4) is 0 Å². The lowest BCUT2D eigenvalue weighted by atomic mass is 9.49. The largest absolute Gasteiger partial charge is 0.393 e. The molecule has 4 bridgehead atoms. The fraction of sp³-hybridized carbons (Fsp3) is 0.640. The number of aliphatic hydroxyl groups excluding tert-OH is 1. The van der Waals surface area contributed by atoms with Gasteiger partial charge in [-0.2, -0.15) is 0 Å². The van der Waals surface area contributed by atoms with E-state index in [1.165, 1.54) is 38.5 Å². The smallest absolute Gasteiger partial charge is 0.274 e. The van der Waals surface area contributed by atoms with Crippen LogP contribution in [0.25, 0.3) is 5.65 Å². The van der Waals surface area contributed by atoms with Gasteiger partial charge >= 0.3 is 0 Å². The lowest BCUT2D eigenvalue weighted by Gasteiger charge is -2.56. The van der Waals surface area contributed by atoms with E-state index < -0.39 is 0 Å². The summed E-state index contributed by atoms with van der Waals surface area (Å²) in [5, 5.41) is 12.8. The molecule has 5 aliphatic rings. The number of fused-ring (bicyclic) bond motifs is 1. The molecule has 2 aromatic rings. The molecule has 4 aliphatic carbocycles. The highest BCUT2D eigenvalue weighted by Gasteiger charge is 2.51. The molecule has 0 radical (unpaired) electrons. The van der Waals surface area contributed by atoms with Crippen LogP contribution in [0.15, 0.2) is 24.4 Å². The molecule has 5 fully saturated rings. The van der Waals surface area contributed by atoms with Gasteiger partial charge in [-0.05, 0) is 86.7 Å². The van der Waals surface area contributed by atoms with Gasteiger partial charge in [0.15, 0.2) is 0 Å². The number of imidazole rings is 1. The molecule has 1 aliphatic heterocycles. The Morgan fingerprint density at radius 2 is 1.72 bits per heavy atom. The number of amides is 2. The minimum absolute atomic E-state index is 0.0750. The van der Waals surface area contributed by atoms with Crippen molar-refractivity contribution in [3.63, 3.8) is 0 Å². The first kappa shape index (κ1) is 20.2. The van der Waals surface area contributed by atoms with Crippen LogP contribution in [-0.4, -0.2) is 50.4 Å². The highest BCUT2D eigenvalue weighted by Crippen LogP contribution is 2.61. The molecule has 7 nitrogen and oxygen atoms in total. The van der Waals surface area contributed by atoms with Crippen LogP contribution in [0.1, 0.15) is 68.3 Å². The molecule has 0 atom stereocenters. The van der Waals surface area contributed by atoms with E-state index in [1.807, 2.05) is 22.6 Å². The van der Waals surface area contributed by atoms with Gasteiger partial charge in [-0.3, -0.25) is 14.0 Å². The third-order valence-electron chi connectivity index (χ3n) is 8.43. The van der Waals surface area contributed by atoms with Gasteiger partial charge in [0, 0.05) is 25.7 Å². The number of aromatic nitrogens is 2. The lowest BCUT2D eigenvalue weighted by Crippen LogP contribution is -2.47. The first-order valence-corrected chi connectivity index (χ1v) is 12.2. The molecule has 170 valence electrons. The molecule has 0 spiro atoms. The number of carbonyl (C=O) groups is 2. The quantitative estimate of drug-likeness (QED) is 0.768. The van der Waals surface area contributed by atoms with Crippen molar-refractivity contribution in [3.8, 4) is 0 Å². The number of hydrogen-bond acceptors (Lipinski definition) is 4. The SMILES string of the molecule is O=C(CC12CC3CC(CC(C3)C1)C2)Nc1cccc2nc(C(=O)N3CCC(O)CC3)cn12. The predicted molar refractivity (Wildman–Crippen MR) is 120 cm³/mol. The van der Waals surface area contributed by atoms with E-state index in [1.54, 1.807) is 11.1 Å². The number of likely N-dealkylation sites (tertiary alicyclic amines) is 1. The standard InChI is InChI=1S/C25H32N4O3/c30-19-4-6-28(7-5-19)24(32)20-15-29-21(26-20)2-1-3-22(29)27-23(31)14-25-11-16-8-17(12-25)10-18(9-16)13-25/h1-3,15-19,30H,4-14H2,(H,27,31). The highest BCUT2D eigenvalue weighted by molar-refractivity contribution is 5.94. The number of rotatable bonds is 4. The second-order valence-corrected chi connectivity index (χ2v) is 10.9. The summed E-state index contributed by atoms with van der Waals surface area (Å²) < 4.78 is 1.81. The third-order valence-corrected chi connectivity index (χ3v) is 8.43. The van der Waals surface area contributed by atoms with Gasteiger partial charge in [0.05, 0.1) is 6.10 Å². The average molecular weight is 437 g/mol. The van der Waals surface area contributed by atoms with Crippen molar-refractivity contribution < 1.29 is 14.7 Å². The summed E-state index contributed by atoms with van der Waals surface area (Å²) in [5.41, 5.74) is 1.23. The van der Waals surface area contributed by atoms with Crippen molar-refractivity contribution >= 4 is 23.3 Å². The molecule has 0 aromatic carbocycles. The number of hydrogen-bond donors (Lipinski definition) is 2. The van der Waals surface area contributed by atoms with E-state index in [0.717, 1.165) is 17.8 Å². The molecular weight excluding hydrogens is 404 g/mol. The Morgan fingerprint density at radius 1 is 1.06 bits per heavy atom. The molecule has 7 heteroatoms. The molecule has 2 amide bonds. The van der Waals surface area contributed by atoms with Crippen LogP contribution in [-0.2, 0) is 4.79 Å². The van der Waals surface area contributed by atoms with Crippen LogP contribution in [0, 0.1) is 23.2 Å². The van der Waals surface area contributed by atoms with Gasteiger partial charge in [0.2, 0.25) is 5.91 Å². The number of anilines is 1. The minimum atomic E-state index is -0.323. The van der Waals surface area contributed by atoms with Crippen LogP contribution in [0.4, 0.5) is 5.82 Å². The van der Waals surface area contributed by atoms with E-state index in [0.29, 0.717) is 49.5 Å². The Kier molecular flexibility index (Phi) is 4.79. The fourth-order valence-electron chi connectivity index (χ4n) is 7.48. The van der Waals surface area contributed by atoms with Crippen molar-refractivity contribution in [2.24, 2.45) is 23.2 Å². The van der Waals surface area contributed by atoms with Gasteiger partial charge in [-0.15, -0.1) is 0 Å². The zero-order chi connectivity index (χ0) is 21.9. The molecule has 2 aromatic heterocycles. The predicted octanol–water partition coefficient (Wildman–Crippen LogP) is 3.48. The Morgan fingerprint density at radius 3 is 2.38 bits per heavy atom. The maximum Gasteiger partial charge on any atom is 0.274 e. The van der Waals surface area contributed by atoms with Gasteiger partial charge < -0.3 is 15.3 Å². The number of pyridine rings is 1. The first-order valence-electron chi connectivity index (χ1n) is 12.2. The minimum Gasteiger partial charge on any atom is -0.393 e. The van der Waals surface area contributed by atoms with Crippen molar-refractivity contribution in [2.45, 2.75) is 63.9 Å². The molecule has 0 unspecified atom stereocenters. The van der Waals surface area contributed by atoms with E-state index in [9.17, 15) is 14.7 Å². The van der Waals surface area contributed by atoms with E-state index in [2.05, 4.69) is 10.3 Å². The summed E-state index contributed by atoms with van der Waals surface area (Å²) in [6.07, 6.45) is 11.0. The van der Waals surface area contributed by atoms with Gasteiger partial charge in [0.25, 0.3) is 5.91 Å². The topological polar surface area (TPSA) is 86.9 Å². The fourth-order valence-corrected chi connectivity index (χ4v) is 7.48. The summed E-state index contributed by atoms with van der Waals surface area (Å²) in [5.74, 6) is 3.11. The Balaban J connectivity index is 1.18. The second-order valence-electron chi connectivity index (χ2n) is 10.9. The second kappa shape index (κ2) is 7.58. The van der Waals surface area contributed by atoms with Crippen LogP contribution < -0.4 is 5.32 Å². The highest BCUT2D eigenvalue weighted by atomic mass is 16.3. The number of carbonyl (C=O) groups excluding carboxylic acids is 2. The summed E-state index contributed by atoms with van der Waals surface area (Å²) >= 11 is 0. The molecule has 4 saturated carbocycles. The molecule has 7 rings (SSSR count). The lowest BCUT2D eigenvalue weighted by molar-refractivity contribution is -0.124. The molecule has 3 heterocycles. The number of aliphatic hydroxyl groups is 1. The number of nitrogens with zero attached hydrogens (tertiary/aromatic N) is 3. The number of nitrogens with one attached hydrogen (secondary N) is 1.